The van der Waals surface area contributed by atoms with Crippen LogP contribution in [-0.4, -0.2) is 20.9 Å². The van der Waals surface area contributed by atoms with Crippen LogP contribution in [0.4, 0.5) is 18.9 Å². The summed E-state index contributed by atoms with van der Waals surface area (Å²) >= 11 is 5.83. The predicted molar refractivity (Wildman–Crippen MR) is 113 cm³/mol. The molecule has 0 atom stereocenters. The van der Waals surface area contributed by atoms with E-state index in [2.05, 4.69) is 25.6 Å². The summed E-state index contributed by atoms with van der Waals surface area (Å²) in [6.45, 7) is 0.605. The number of pyridine rings is 3. The number of hydrogen-bond acceptors (Lipinski definition) is 5. The molecule has 3 heterocycles. The summed E-state index contributed by atoms with van der Waals surface area (Å²) in [5.74, 6) is -0.667. The summed E-state index contributed by atoms with van der Waals surface area (Å²) in [6.07, 6.45) is 2.47. The first kappa shape index (κ1) is 22.2. The second-order valence-electron chi connectivity index (χ2n) is 7.59. The second-order valence-corrected chi connectivity index (χ2v) is 7.98. The van der Waals surface area contributed by atoms with E-state index in [1.54, 1.807) is 18.3 Å². The van der Waals surface area contributed by atoms with Crippen molar-refractivity contribution in [3.8, 4) is 0 Å². The lowest BCUT2D eigenvalue weighted by molar-refractivity contribution is -0.141. The lowest BCUT2D eigenvalue weighted by Crippen LogP contribution is -2.48. The van der Waals surface area contributed by atoms with E-state index >= 15 is 0 Å². The molecule has 0 saturated heterocycles. The molecule has 0 unspecified atom stereocenters. The maximum Gasteiger partial charge on any atom is 0.433 e. The van der Waals surface area contributed by atoms with Crippen LogP contribution in [-0.2, 0) is 18.3 Å². The minimum atomic E-state index is -4.62. The summed E-state index contributed by atoms with van der Waals surface area (Å²) in [6, 6.07) is 9.10. The Kier molecular flexibility index (Phi) is 6.12. The van der Waals surface area contributed by atoms with Gasteiger partial charge in [0.1, 0.15) is 10.8 Å². The van der Waals surface area contributed by atoms with Gasteiger partial charge >= 0.3 is 6.18 Å². The summed E-state index contributed by atoms with van der Waals surface area (Å²) in [7, 11) is 0. The fourth-order valence-corrected chi connectivity index (χ4v) is 3.63. The van der Waals surface area contributed by atoms with Crippen molar-refractivity contribution in [1.82, 2.24) is 20.3 Å². The summed E-state index contributed by atoms with van der Waals surface area (Å²) in [5.41, 5.74) is 0.708. The lowest BCUT2D eigenvalue weighted by Gasteiger charge is -2.42. The Morgan fingerprint density at radius 1 is 1.06 bits per heavy atom. The molecule has 1 amide bonds. The Bertz CT molecular complexity index is 1100. The molecule has 3 aromatic heterocycles. The first-order valence-corrected chi connectivity index (χ1v) is 10.3. The van der Waals surface area contributed by atoms with E-state index in [0.29, 0.717) is 17.4 Å². The number of anilines is 1. The summed E-state index contributed by atoms with van der Waals surface area (Å²) < 4.78 is 38.5. The van der Waals surface area contributed by atoms with Crippen LogP contribution >= 0.6 is 11.6 Å². The zero-order valence-corrected chi connectivity index (χ0v) is 17.5. The highest BCUT2D eigenvalue weighted by Crippen LogP contribution is 2.40. The van der Waals surface area contributed by atoms with Gasteiger partial charge in [0.2, 0.25) is 0 Å². The molecule has 0 spiro atoms. The summed E-state index contributed by atoms with van der Waals surface area (Å²) in [4.78, 5) is 24.2. The van der Waals surface area contributed by atoms with Gasteiger partial charge in [-0.25, -0.2) is 4.98 Å². The topological polar surface area (TPSA) is 79.8 Å². The third kappa shape index (κ3) is 4.89. The highest BCUT2D eigenvalue weighted by Gasteiger charge is 2.39. The Morgan fingerprint density at radius 2 is 1.88 bits per heavy atom. The summed E-state index contributed by atoms with van der Waals surface area (Å²) in [5, 5.41) is 6.56. The average molecular weight is 462 g/mol. The van der Waals surface area contributed by atoms with Crippen molar-refractivity contribution in [2.75, 3.05) is 5.32 Å². The van der Waals surface area contributed by atoms with Crippen molar-refractivity contribution in [2.24, 2.45) is 0 Å². The van der Waals surface area contributed by atoms with E-state index in [-0.39, 0.29) is 11.1 Å². The smallest absolute Gasteiger partial charge is 0.321 e. The molecule has 2 N–H and O–H groups in total. The fourth-order valence-electron chi connectivity index (χ4n) is 3.52. The molecule has 0 bridgehead atoms. The van der Waals surface area contributed by atoms with Gasteiger partial charge in [0.15, 0.2) is 0 Å². The number of amides is 1. The van der Waals surface area contributed by atoms with Crippen molar-refractivity contribution in [3.05, 3.63) is 82.7 Å². The Labute approximate surface area is 187 Å². The molecular weight excluding hydrogens is 443 g/mol. The van der Waals surface area contributed by atoms with Crippen molar-refractivity contribution in [1.29, 1.82) is 0 Å². The van der Waals surface area contributed by atoms with Crippen LogP contribution < -0.4 is 10.6 Å². The number of rotatable bonds is 6. The van der Waals surface area contributed by atoms with Crippen molar-refractivity contribution in [2.45, 2.75) is 37.5 Å². The van der Waals surface area contributed by atoms with E-state index < -0.39 is 17.8 Å². The van der Waals surface area contributed by atoms with Crippen molar-refractivity contribution in [3.63, 3.8) is 0 Å². The molecule has 0 radical (unpaired) electrons. The number of alkyl halides is 3. The van der Waals surface area contributed by atoms with E-state index in [1.807, 2.05) is 12.1 Å². The molecular formula is C22H19ClF3N5O. The minimum Gasteiger partial charge on any atom is -0.321 e. The normalized spacial score (nSPS) is 15.1. The molecule has 0 aromatic carbocycles. The molecule has 1 saturated carbocycles. The molecule has 0 aliphatic heterocycles. The third-order valence-corrected chi connectivity index (χ3v) is 5.67. The zero-order valence-electron chi connectivity index (χ0n) is 16.8. The largest absolute Gasteiger partial charge is 0.433 e. The van der Waals surface area contributed by atoms with Crippen LogP contribution in [0, 0.1) is 0 Å². The molecule has 6 nitrogen and oxygen atoms in total. The Hall–Kier alpha value is -3.04. The number of carbonyl (C=O) groups excluding carboxylic acids is 1. The van der Waals surface area contributed by atoms with Crippen molar-refractivity contribution < 1.29 is 18.0 Å². The molecule has 4 rings (SSSR count). The van der Waals surface area contributed by atoms with Gasteiger partial charge in [0.25, 0.3) is 5.91 Å². The van der Waals surface area contributed by atoms with Crippen LogP contribution in [0.25, 0.3) is 0 Å². The van der Waals surface area contributed by atoms with Crippen LogP contribution in [0.1, 0.15) is 46.6 Å². The zero-order chi connectivity index (χ0) is 22.8. The third-order valence-electron chi connectivity index (χ3n) is 5.45. The predicted octanol–water partition coefficient (Wildman–Crippen LogP) is 4.97. The number of hydrogen-bond donors (Lipinski definition) is 2. The standard InChI is InChI=1S/C22H19ClF3N5O/c23-19-5-2-14(11-29-19)12-30-21(7-1-8-21)17-4-3-16(13-28-17)31-20(32)15-6-9-27-18(10-15)22(24,25)26/h2-6,9-11,13,30H,1,7-8,12H2,(H,31,32). The number of nitrogens with zero attached hydrogens (tertiary/aromatic N) is 3. The molecule has 32 heavy (non-hydrogen) atoms. The van der Waals surface area contributed by atoms with E-state index in [1.165, 1.54) is 12.3 Å². The van der Waals surface area contributed by atoms with E-state index in [0.717, 1.165) is 42.8 Å². The minimum absolute atomic E-state index is 0.134. The van der Waals surface area contributed by atoms with Gasteiger partial charge < -0.3 is 10.6 Å². The quantitative estimate of drug-likeness (QED) is 0.507. The van der Waals surface area contributed by atoms with E-state index in [9.17, 15) is 18.0 Å². The van der Waals surface area contributed by atoms with Crippen molar-refractivity contribution >= 4 is 23.2 Å². The number of halogens is 4. The molecule has 1 aliphatic carbocycles. The SMILES string of the molecule is O=C(Nc1ccc(C2(NCc3ccc(Cl)nc3)CCC2)nc1)c1ccnc(C(F)(F)F)c1. The first-order valence-electron chi connectivity index (χ1n) is 9.92. The van der Waals surface area contributed by atoms with Gasteiger partial charge in [-0.3, -0.25) is 14.8 Å². The highest BCUT2D eigenvalue weighted by atomic mass is 35.5. The molecule has 166 valence electrons. The van der Waals surface area contributed by atoms with Crippen LogP contribution in [0.2, 0.25) is 5.15 Å². The monoisotopic (exact) mass is 461 g/mol. The second kappa shape index (κ2) is 8.84. The van der Waals surface area contributed by atoms with Gasteiger partial charge in [0, 0.05) is 24.5 Å². The Morgan fingerprint density at radius 3 is 2.47 bits per heavy atom. The molecule has 10 heteroatoms. The highest BCUT2D eigenvalue weighted by molar-refractivity contribution is 6.29. The Balaban J connectivity index is 1.43. The first-order chi connectivity index (χ1) is 15.2. The fraction of sp³-hybridized carbons (Fsp3) is 0.273. The number of aromatic nitrogens is 3. The van der Waals surface area contributed by atoms with Gasteiger partial charge in [-0.1, -0.05) is 17.7 Å². The van der Waals surface area contributed by atoms with Crippen LogP contribution in [0.5, 0.6) is 0 Å². The average Bonchev–Trinajstić information content (AvgIpc) is 2.75. The van der Waals surface area contributed by atoms with Gasteiger partial charge in [0.05, 0.1) is 23.1 Å². The number of carbonyl (C=O) groups is 1. The number of nitrogens with one attached hydrogen (secondary N) is 2. The van der Waals surface area contributed by atoms with Gasteiger partial charge in [-0.2, -0.15) is 13.2 Å². The molecule has 1 fully saturated rings. The van der Waals surface area contributed by atoms with Crippen LogP contribution in [0.15, 0.2) is 55.0 Å². The van der Waals surface area contributed by atoms with Crippen LogP contribution in [0.3, 0.4) is 0 Å². The molecule has 3 aromatic rings. The lowest BCUT2D eigenvalue weighted by atomic mass is 9.74. The van der Waals surface area contributed by atoms with E-state index in [4.69, 9.17) is 11.6 Å². The van der Waals surface area contributed by atoms with Gasteiger partial charge in [-0.15, -0.1) is 0 Å². The maximum absolute atomic E-state index is 12.8. The molecule has 1 aliphatic rings. The maximum atomic E-state index is 12.8. The van der Waals surface area contributed by atoms with Gasteiger partial charge in [-0.05, 0) is 55.2 Å².